The number of thiocarbonyl (C=S) groups is 1. The molecule has 1 heterocycles. The first-order valence-corrected chi connectivity index (χ1v) is 9.32. The third kappa shape index (κ3) is 4.20. The molecular formula is C21H21N3O3S. The second-order valence-electron chi connectivity index (χ2n) is 6.32. The van der Waals surface area contributed by atoms with Gasteiger partial charge in [-0.2, -0.15) is 5.10 Å². The van der Waals surface area contributed by atoms with Gasteiger partial charge in [-0.1, -0.05) is 49.4 Å². The highest BCUT2D eigenvalue weighted by molar-refractivity contribution is 7.80. The normalized spacial score (nSPS) is 12.7. The number of nitrogens with two attached hydrogens (primary N) is 1. The maximum absolute atomic E-state index is 12.8. The molecule has 0 fully saturated rings. The Hall–Kier alpha value is -3.19. The Kier molecular flexibility index (Phi) is 6.06. The maximum Gasteiger partial charge on any atom is 0.343 e. The van der Waals surface area contributed by atoms with Gasteiger partial charge in [0.25, 0.3) is 0 Å². The standard InChI is InChI=1S/C21H21N3O3S/c1-2-14(23-24-21(22)28)12-16(13-8-4-3-5-9-13)18-19(25)15-10-6-7-11-17(15)27-20(18)26/h3-11,16,25H,2,12H2,1H3,(H3,22,24,28)/b23-14-. The zero-order chi connectivity index (χ0) is 20.1. The fraction of sp³-hybridized carbons (Fsp3) is 0.190. The summed E-state index contributed by atoms with van der Waals surface area (Å²) in [6.45, 7) is 1.95. The number of hydrogen-bond acceptors (Lipinski definition) is 5. The van der Waals surface area contributed by atoms with Crippen LogP contribution in [0.15, 0.2) is 68.9 Å². The summed E-state index contributed by atoms with van der Waals surface area (Å²) < 4.78 is 5.48. The summed E-state index contributed by atoms with van der Waals surface area (Å²) in [5.41, 5.74) is 9.68. The summed E-state index contributed by atoms with van der Waals surface area (Å²) in [5.74, 6) is -0.507. The quantitative estimate of drug-likeness (QED) is 0.255. The molecule has 7 heteroatoms. The minimum Gasteiger partial charge on any atom is -0.507 e. The van der Waals surface area contributed by atoms with E-state index < -0.39 is 11.5 Å². The Labute approximate surface area is 167 Å². The van der Waals surface area contributed by atoms with Gasteiger partial charge in [0, 0.05) is 11.6 Å². The van der Waals surface area contributed by atoms with Crippen LogP contribution in [0.2, 0.25) is 0 Å². The second-order valence-corrected chi connectivity index (χ2v) is 6.76. The van der Waals surface area contributed by atoms with Crippen LogP contribution in [0.5, 0.6) is 5.75 Å². The van der Waals surface area contributed by atoms with Crippen LogP contribution in [0.4, 0.5) is 0 Å². The van der Waals surface area contributed by atoms with Gasteiger partial charge < -0.3 is 15.3 Å². The minimum atomic E-state index is -0.567. The van der Waals surface area contributed by atoms with Gasteiger partial charge >= 0.3 is 5.63 Å². The van der Waals surface area contributed by atoms with Crippen LogP contribution in [-0.2, 0) is 0 Å². The van der Waals surface area contributed by atoms with Crippen LogP contribution in [-0.4, -0.2) is 15.9 Å². The fourth-order valence-electron chi connectivity index (χ4n) is 3.17. The molecule has 0 aliphatic carbocycles. The highest BCUT2D eigenvalue weighted by atomic mass is 32.1. The molecule has 6 nitrogen and oxygen atoms in total. The SMILES string of the molecule is CC/C(CC(c1ccccc1)c1c(O)c2ccccc2oc1=O)=N/NC(N)=S. The first kappa shape index (κ1) is 19.6. The van der Waals surface area contributed by atoms with Gasteiger partial charge in [-0.15, -0.1) is 0 Å². The van der Waals surface area contributed by atoms with E-state index in [2.05, 4.69) is 10.5 Å². The van der Waals surface area contributed by atoms with E-state index in [4.69, 9.17) is 22.4 Å². The van der Waals surface area contributed by atoms with Crippen LogP contribution in [0.1, 0.15) is 36.8 Å². The number of nitrogens with one attached hydrogen (secondary N) is 1. The first-order valence-electron chi connectivity index (χ1n) is 8.91. The predicted molar refractivity (Wildman–Crippen MR) is 115 cm³/mol. The van der Waals surface area contributed by atoms with Crippen LogP contribution in [0, 0.1) is 0 Å². The number of para-hydroxylation sites is 1. The van der Waals surface area contributed by atoms with Crippen molar-refractivity contribution in [3.8, 4) is 5.75 Å². The molecule has 4 N–H and O–H groups in total. The number of fused-ring (bicyclic) bond motifs is 1. The Bertz CT molecular complexity index is 1080. The van der Waals surface area contributed by atoms with Gasteiger partial charge in [0.15, 0.2) is 5.11 Å². The Morgan fingerprint density at radius 3 is 2.57 bits per heavy atom. The smallest absolute Gasteiger partial charge is 0.343 e. The van der Waals surface area contributed by atoms with Gasteiger partial charge in [-0.25, -0.2) is 4.79 Å². The van der Waals surface area contributed by atoms with Crippen molar-refractivity contribution in [2.75, 3.05) is 0 Å². The van der Waals surface area contributed by atoms with E-state index >= 15 is 0 Å². The summed E-state index contributed by atoms with van der Waals surface area (Å²) >= 11 is 4.81. The molecule has 0 spiro atoms. The fourth-order valence-corrected chi connectivity index (χ4v) is 3.21. The van der Waals surface area contributed by atoms with Crippen LogP contribution in [0.25, 0.3) is 11.0 Å². The third-order valence-corrected chi connectivity index (χ3v) is 4.63. The van der Waals surface area contributed by atoms with Crippen molar-refractivity contribution in [3.63, 3.8) is 0 Å². The molecule has 0 radical (unpaired) electrons. The molecule has 28 heavy (non-hydrogen) atoms. The topological polar surface area (TPSA) is 101 Å². The van der Waals surface area contributed by atoms with Crippen LogP contribution < -0.4 is 16.8 Å². The molecule has 2 aromatic carbocycles. The average Bonchev–Trinajstić information content (AvgIpc) is 2.70. The van der Waals surface area contributed by atoms with Gasteiger partial charge in [0.1, 0.15) is 11.3 Å². The summed E-state index contributed by atoms with van der Waals surface area (Å²) in [4.78, 5) is 12.8. The summed E-state index contributed by atoms with van der Waals surface area (Å²) in [7, 11) is 0. The first-order chi connectivity index (χ1) is 13.5. The Morgan fingerprint density at radius 2 is 1.89 bits per heavy atom. The maximum atomic E-state index is 12.8. The highest BCUT2D eigenvalue weighted by Crippen LogP contribution is 2.36. The van der Waals surface area contributed by atoms with Crippen molar-refractivity contribution in [1.82, 2.24) is 5.43 Å². The zero-order valence-corrected chi connectivity index (χ0v) is 16.2. The Balaban J connectivity index is 2.15. The van der Waals surface area contributed by atoms with E-state index in [1.807, 2.05) is 37.3 Å². The zero-order valence-electron chi connectivity index (χ0n) is 15.4. The third-order valence-electron chi connectivity index (χ3n) is 4.54. The molecule has 0 bridgehead atoms. The molecule has 0 saturated heterocycles. The molecule has 1 aromatic heterocycles. The average molecular weight is 395 g/mol. The predicted octanol–water partition coefficient (Wildman–Crippen LogP) is 3.62. The molecule has 0 aliphatic heterocycles. The van der Waals surface area contributed by atoms with Crippen LogP contribution >= 0.6 is 12.2 Å². The molecule has 0 amide bonds. The second kappa shape index (κ2) is 8.67. The van der Waals surface area contributed by atoms with E-state index in [0.717, 1.165) is 11.3 Å². The number of aromatic hydroxyl groups is 1. The largest absolute Gasteiger partial charge is 0.507 e. The number of rotatable bonds is 6. The highest BCUT2D eigenvalue weighted by Gasteiger charge is 2.25. The lowest BCUT2D eigenvalue weighted by Gasteiger charge is -2.19. The number of nitrogens with zero attached hydrogens (tertiary/aromatic N) is 1. The van der Waals surface area contributed by atoms with Crippen molar-refractivity contribution in [1.29, 1.82) is 0 Å². The summed E-state index contributed by atoms with van der Waals surface area (Å²) in [5, 5.41) is 15.7. The van der Waals surface area contributed by atoms with Crippen molar-refractivity contribution in [3.05, 3.63) is 76.1 Å². The lowest BCUT2D eigenvalue weighted by Crippen LogP contribution is -2.26. The van der Waals surface area contributed by atoms with Gasteiger partial charge in [0.05, 0.1) is 10.9 Å². The number of hydrogen-bond donors (Lipinski definition) is 3. The molecule has 144 valence electrons. The summed E-state index contributed by atoms with van der Waals surface area (Å²) in [6, 6.07) is 16.4. The van der Waals surface area contributed by atoms with E-state index in [1.165, 1.54) is 0 Å². The van der Waals surface area contributed by atoms with Gasteiger partial charge in [-0.05, 0) is 42.8 Å². The number of hydrazone groups is 1. The van der Waals surface area contributed by atoms with E-state index in [0.29, 0.717) is 23.8 Å². The molecule has 3 rings (SSSR count). The molecule has 0 saturated carbocycles. The van der Waals surface area contributed by atoms with E-state index in [-0.39, 0.29) is 16.4 Å². The molecule has 1 unspecified atom stereocenters. The molecular weight excluding hydrogens is 374 g/mol. The van der Waals surface area contributed by atoms with Crippen molar-refractivity contribution in [2.45, 2.75) is 25.7 Å². The Morgan fingerprint density at radius 1 is 1.21 bits per heavy atom. The van der Waals surface area contributed by atoms with Gasteiger partial charge in [0.2, 0.25) is 0 Å². The lowest BCUT2D eigenvalue weighted by atomic mass is 9.86. The van der Waals surface area contributed by atoms with E-state index in [9.17, 15) is 9.90 Å². The van der Waals surface area contributed by atoms with Crippen molar-refractivity contribution in [2.24, 2.45) is 10.8 Å². The lowest BCUT2D eigenvalue weighted by molar-refractivity contribution is 0.452. The van der Waals surface area contributed by atoms with E-state index in [1.54, 1.807) is 24.3 Å². The number of benzene rings is 2. The van der Waals surface area contributed by atoms with Gasteiger partial charge in [-0.3, -0.25) is 5.43 Å². The molecule has 0 aliphatic rings. The van der Waals surface area contributed by atoms with Crippen molar-refractivity contribution < 1.29 is 9.52 Å². The summed E-state index contributed by atoms with van der Waals surface area (Å²) in [6.07, 6.45) is 1.02. The molecule has 3 aromatic rings. The van der Waals surface area contributed by atoms with Crippen molar-refractivity contribution >= 4 is 34.0 Å². The van der Waals surface area contributed by atoms with Crippen LogP contribution in [0.3, 0.4) is 0 Å². The molecule has 1 atom stereocenters. The minimum absolute atomic E-state index is 0.0651. The monoisotopic (exact) mass is 395 g/mol.